The number of benzene rings is 1. The van der Waals surface area contributed by atoms with Crippen LogP contribution in [0.15, 0.2) is 24.3 Å². The molecule has 1 aromatic carbocycles. The minimum Gasteiger partial charge on any atom is -0.369 e. The van der Waals surface area contributed by atoms with Gasteiger partial charge in [0.15, 0.2) is 0 Å². The molecular weight excluding hydrogens is 328 g/mol. The summed E-state index contributed by atoms with van der Waals surface area (Å²) in [5.74, 6) is -0.542. The third-order valence-corrected chi connectivity index (χ3v) is 2.44. The van der Waals surface area contributed by atoms with Gasteiger partial charge < -0.3 is 10.4 Å². The lowest BCUT2D eigenvalue weighted by atomic mass is 9.92. The Bertz CT molecular complexity index is 479. The van der Waals surface area contributed by atoms with Crippen LogP contribution in [0.2, 0.25) is 0 Å². The second kappa shape index (κ2) is 8.19. The van der Waals surface area contributed by atoms with E-state index < -0.39 is 29.4 Å². The number of amides is 1. The van der Waals surface area contributed by atoms with Gasteiger partial charge in [0.05, 0.1) is 0 Å². The summed E-state index contributed by atoms with van der Waals surface area (Å²) in [5.41, 5.74) is -6.34. The number of hydrogen-bond acceptors (Lipinski definition) is 2. The Hall–Kier alpha value is -1.77. The topological polar surface area (TPSA) is 49.3 Å². The van der Waals surface area contributed by atoms with E-state index in [4.69, 9.17) is 5.11 Å². The number of anilines is 1. The zero-order chi connectivity index (χ0) is 17.8. The molecule has 0 aliphatic heterocycles. The quantitative estimate of drug-likeness (QED) is 0.767. The first-order valence-corrected chi connectivity index (χ1v) is 6.13. The van der Waals surface area contributed by atoms with Gasteiger partial charge in [0.25, 0.3) is 5.60 Å². The fourth-order valence-electron chi connectivity index (χ4n) is 1.49. The van der Waals surface area contributed by atoms with Gasteiger partial charge in [-0.3, -0.25) is 4.79 Å². The lowest BCUT2D eigenvalue weighted by molar-refractivity contribution is -0.376. The van der Waals surface area contributed by atoms with E-state index in [1.54, 1.807) is 0 Å². The van der Waals surface area contributed by atoms with E-state index in [2.05, 4.69) is 5.32 Å². The third-order valence-electron chi connectivity index (χ3n) is 2.44. The molecule has 3 nitrogen and oxygen atoms in total. The number of carbonyl (C=O) groups excluding carboxylic acids is 1. The smallest absolute Gasteiger partial charge is 0.369 e. The molecule has 9 heteroatoms. The Morgan fingerprint density at radius 2 is 1.30 bits per heavy atom. The van der Waals surface area contributed by atoms with Gasteiger partial charge in [-0.05, 0) is 12.1 Å². The maximum atomic E-state index is 12.6. The summed E-state index contributed by atoms with van der Waals surface area (Å²) in [7, 11) is 0. The summed E-state index contributed by atoms with van der Waals surface area (Å²) >= 11 is 0. The molecule has 0 saturated carbocycles. The number of aliphatic hydroxyl groups is 1. The van der Waals surface area contributed by atoms with Crippen molar-refractivity contribution in [1.82, 2.24) is 0 Å². The Morgan fingerprint density at radius 3 is 1.57 bits per heavy atom. The van der Waals surface area contributed by atoms with Crippen molar-refractivity contribution >= 4 is 11.6 Å². The maximum absolute atomic E-state index is 12.6. The van der Waals surface area contributed by atoms with Crippen LogP contribution in [0.25, 0.3) is 0 Å². The van der Waals surface area contributed by atoms with Gasteiger partial charge in [-0.15, -0.1) is 0 Å². The van der Waals surface area contributed by atoms with E-state index in [0.29, 0.717) is 12.1 Å². The van der Waals surface area contributed by atoms with Crippen molar-refractivity contribution in [1.29, 1.82) is 0 Å². The molecule has 0 bridgehead atoms. The van der Waals surface area contributed by atoms with Crippen molar-refractivity contribution in [3.63, 3.8) is 0 Å². The number of carbonyl (C=O) groups is 1. The number of nitrogens with one attached hydrogen (secondary N) is 1. The number of rotatable bonds is 2. The highest BCUT2D eigenvalue weighted by Crippen LogP contribution is 2.50. The van der Waals surface area contributed by atoms with Crippen molar-refractivity contribution in [3.8, 4) is 0 Å². The lowest BCUT2D eigenvalue weighted by Crippen LogP contribution is -2.53. The highest BCUT2D eigenvalue weighted by molar-refractivity contribution is 5.88. The monoisotopic (exact) mass is 347 g/mol. The van der Waals surface area contributed by atoms with Crippen molar-refractivity contribution in [3.05, 3.63) is 29.8 Å². The predicted molar refractivity (Wildman–Crippen MR) is 74.8 cm³/mol. The van der Waals surface area contributed by atoms with E-state index in [1.807, 2.05) is 13.8 Å². The van der Waals surface area contributed by atoms with Crippen LogP contribution in [0.5, 0.6) is 0 Å². The number of alkyl halides is 6. The van der Waals surface area contributed by atoms with E-state index in [9.17, 15) is 31.1 Å². The highest BCUT2D eigenvalue weighted by Gasteiger charge is 2.71. The van der Waals surface area contributed by atoms with E-state index >= 15 is 0 Å². The van der Waals surface area contributed by atoms with Gasteiger partial charge in [0.1, 0.15) is 0 Å². The van der Waals surface area contributed by atoms with Gasteiger partial charge >= 0.3 is 12.4 Å². The van der Waals surface area contributed by atoms with Gasteiger partial charge in [0, 0.05) is 18.2 Å². The van der Waals surface area contributed by atoms with Gasteiger partial charge in [-0.25, -0.2) is 0 Å². The lowest BCUT2D eigenvalue weighted by Gasteiger charge is -2.32. The minimum atomic E-state index is -5.93. The van der Waals surface area contributed by atoms with Gasteiger partial charge in [-0.1, -0.05) is 33.4 Å². The van der Waals surface area contributed by atoms with Crippen molar-refractivity contribution < 1.29 is 36.2 Å². The van der Waals surface area contributed by atoms with Crippen LogP contribution < -0.4 is 5.32 Å². The molecule has 0 aromatic heterocycles. The number of halogens is 6. The molecule has 0 saturated heterocycles. The second-order valence-corrected chi connectivity index (χ2v) is 3.96. The minimum absolute atomic E-state index is 0. The molecule has 0 radical (unpaired) electrons. The van der Waals surface area contributed by atoms with E-state index in [1.165, 1.54) is 0 Å². The molecule has 0 fully saturated rings. The normalized spacial score (nSPS) is 11.7. The second-order valence-electron chi connectivity index (χ2n) is 3.96. The highest BCUT2D eigenvalue weighted by atomic mass is 19.4. The molecule has 1 amide bonds. The first kappa shape index (κ1) is 23.5. The fourth-order valence-corrected chi connectivity index (χ4v) is 1.49. The molecule has 23 heavy (non-hydrogen) atoms. The summed E-state index contributed by atoms with van der Waals surface area (Å²) in [6, 6.07) is 2.57. The largest absolute Gasteiger partial charge is 0.430 e. The molecule has 0 spiro atoms. The molecule has 1 rings (SSSR count). The molecule has 134 valence electrons. The molecule has 2 N–H and O–H groups in total. The summed E-state index contributed by atoms with van der Waals surface area (Å²) < 4.78 is 75.3. The summed E-state index contributed by atoms with van der Waals surface area (Å²) in [5, 5.41) is 11.3. The SMILES string of the molecule is C.CC.CC(=O)Nc1ccc(C(O)(C(F)(F)F)C(F)(F)F)cc1. The van der Waals surface area contributed by atoms with Crippen LogP contribution in [0, 0.1) is 0 Å². The molecule has 0 unspecified atom stereocenters. The van der Waals surface area contributed by atoms with Gasteiger partial charge in [0.2, 0.25) is 5.91 Å². The van der Waals surface area contributed by atoms with E-state index in [-0.39, 0.29) is 13.1 Å². The van der Waals surface area contributed by atoms with Crippen LogP contribution in [-0.4, -0.2) is 23.4 Å². The molecule has 0 atom stereocenters. The summed E-state index contributed by atoms with van der Waals surface area (Å²) in [6.07, 6.45) is -11.9. The van der Waals surface area contributed by atoms with Crippen LogP contribution in [-0.2, 0) is 10.4 Å². The number of hydrogen-bond donors (Lipinski definition) is 2. The Labute approximate surface area is 130 Å². The van der Waals surface area contributed by atoms with Crippen LogP contribution in [0.3, 0.4) is 0 Å². The molecule has 1 aromatic rings. The van der Waals surface area contributed by atoms with Crippen molar-refractivity contribution in [2.45, 2.75) is 46.2 Å². The third kappa shape index (κ3) is 5.12. The van der Waals surface area contributed by atoms with Crippen LogP contribution >= 0.6 is 0 Å². The van der Waals surface area contributed by atoms with Gasteiger partial charge in [-0.2, -0.15) is 26.3 Å². The zero-order valence-corrected chi connectivity index (χ0v) is 11.9. The van der Waals surface area contributed by atoms with Crippen LogP contribution in [0.1, 0.15) is 33.8 Å². The maximum Gasteiger partial charge on any atom is 0.430 e. The first-order chi connectivity index (χ1) is 9.89. The summed E-state index contributed by atoms with van der Waals surface area (Å²) in [4.78, 5) is 10.7. The average molecular weight is 347 g/mol. The van der Waals surface area contributed by atoms with Crippen LogP contribution in [0.4, 0.5) is 32.0 Å². The standard InChI is InChI=1S/C11H9F6NO2.C2H6.CH4/c1-6(19)18-8-4-2-7(3-5-8)9(20,10(12,13)14)11(15,16)17;1-2;/h2-5,20H,1H3,(H,18,19);1-2H3;1H4. The Kier molecular flexibility index (Phi) is 8.36. The molecule has 0 heterocycles. The van der Waals surface area contributed by atoms with E-state index in [0.717, 1.165) is 19.1 Å². The van der Waals surface area contributed by atoms with Crippen molar-refractivity contribution in [2.24, 2.45) is 0 Å². The zero-order valence-electron chi connectivity index (χ0n) is 11.9. The van der Waals surface area contributed by atoms with Crippen molar-refractivity contribution in [2.75, 3.05) is 5.32 Å². The molecule has 0 aliphatic rings. The first-order valence-electron chi connectivity index (χ1n) is 6.13. The summed E-state index contributed by atoms with van der Waals surface area (Å²) in [6.45, 7) is 5.12. The molecule has 0 aliphatic carbocycles. The Balaban J connectivity index is 0. The predicted octanol–water partition coefficient (Wildman–Crippen LogP) is 4.62. The average Bonchev–Trinajstić information content (AvgIpc) is 2.37. The molecular formula is C14H19F6NO2. The fraction of sp³-hybridized carbons (Fsp3) is 0.500. The Morgan fingerprint density at radius 1 is 0.957 bits per heavy atom.